The maximum Gasteiger partial charge on any atom is 0.147 e. The SMILES string of the molecule is c1cnc(NCCNc2ncnc3ccsc23)cn1. The van der Waals surface area contributed by atoms with E-state index in [-0.39, 0.29) is 0 Å². The van der Waals surface area contributed by atoms with Crippen LogP contribution >= 0.6 is 11.3 Å². The van der Waals surface area contributed by atoms with E-state index in [0.717, 1.165) is 34.9 Å². The van der Waals surface area contributed by atoms with Gasteiger partial charge >= 0.3 is 0 Å². The molecule has 0 aromatic carbocycles. The van der Waals surface area contributed by atoms with Crippen LogP contribution in [0.3, 0.4) is 0 Å². The molecule has 96 valence electrons. The monoisotopic (exact) mass is 272 g/mol. The van der Waals surface area contributed by atoms with Gasteiger partial charge in [-0.25, -0.2) is 15.0 Å². The molecule has 3 rings (SSSR count). The largest absolute Gasteiger partial charge is 0.367 e. The summed E-state index contributed by atoms with van der Waals surface area (Å²) in [5.74, 6) is 1.65. The van der Waals surface area contributed by atoms with Gasteiger partial charge in [0.2, 0.25) is 0 Å². The highest BCUT2D eigenvalue weighted by Gasteiger charge is 2.03. The molecule has 7 heteroatoms. The Hall–Kier alpha value is -2.28. The number of hydrogen-bond acceptors (Lipinski definition) is 7. The predicted molar refractivity (Wildman–Crippen MR) is 76.4 cm³/mol. The minimum Gasteiger partial charge on any atom is -0.367 e. The molecule has 0 aliphatic heterocycles. The molecule has 0 spiro atoms. The maximum absolute atomic E-state index is 4.26. The number of nitrogens with zero attached hydrogens (tertiary/aromatic N) is 4. The lowest BCUT2D eigenvalue weighted by Crippen LogP contribution is -2.15. The summed E-state index contributed by atoms with van der Waals surface area (Å²) in [4.78, 5) is 16.6. The van der Waals surface area contributed by atoms with Crippen molar-refractivity contribution in [3.05, 3.63) is 36.4 Å². The highest BCUT2D eigenvalue weighted by atomic mass is 32.1. The summed E-state index contributed by atoms with van der Waals surface area (Å²) in [6.45, 7) is 1.50. The molecule has 3 aromatic rings. The van der Waals surface area contributed by atoms with Crippen molar-refractivity contribution in [2.75, 3.05) is 23.7 Å². The van der Waals surface area contributed by atoms with E-state index in [4.69, 9.17) is 0 Å². The van der Waals surface area contributed by atoms with Crippen LogP contribution in [0.1, 0.15) is 0 Å². The second-order valence-corrected chi connectivity index (χ2v) is 4.72. The first-order chi connectivity index (χ1) is 9.43. The van der Waals surface area contributed by atoms with Crippen molar-refractivity contribution in [1.82, 2.24) is 19.9 Å². The zero-order valence-corrected chi connectivity index (χ0v) is 10.9. The molecule has 19 heavy (non-hydrogen) atoms. The summed E-state index contributed by atoms with van der Waals surface area (Å²) in [7, 11) is 0. The van der Waals surface area contributed by atoms with E-state index in [2.05, 4.69) is 30.6 Å². The van der Waals surface area contributed by atoms with Gasteiger partial charge in [-0.3, -0.25) is 4.98 Å². The fourth-order valence-electron chi connectivity index (χ4n) is 1.68. The van der Waals surface area contributed by atoms with Crippen LogP contribution in [0, 0.1) is 0 Å². The number of nitrogens with one attached hydrogen (secondary N) is 2. The quantitative estimate of drug-likeness (QED) is 0.692. The highest BCUT2D eigenvalue weighted by Crippen LogP contribution is 2.24. The van der Waals surface area contributed by atoms with Gasteiger partial charge in [0.15, 0.2) is 0 Å². The molecule has 3 aromatic heterocycles. The van der Waals surface area contributed by atoms with Crippen LogP contribution < -0.4 is 10.6 Å². The highest BCUT2D eigenvalue weighted by molar-refractivity contribution is 7.17. The van der Waals surface area contributed by atoms with E-state index in [9.17, 15) is 0 Å². The lowest BCUT2D eigenvalue weighted by Gasteiger charge is -2.07. The van der Waals surface area contributed by atoms with E-state index in [1.54, 1.807) is 36.3 Å². The first-order valence-corrected chi connectivity index (χ1v) is 6.73. The molecule has 6 nitrogen and oxygen atoms in total. The zero-order valence-electron chi connectivity index (χ0n) is 10.1. The Bertz CT molecular complexity index is 653. The van der Waals surface area contributed by atoms with Crippen molar-refractivity contribution in [1.29, 1.82) is 0 Å². The van der Waals surface area contributed by atoms with Crippen LogP contribution in [0.15, 0.2) is 36.4 Å². The average Bonchev–Trinajstić information content (AvgIpc) is 2.94. The molecule has 0 aliphatic carbocycles. The summed E-state index contributed by atoms with van der Waals surface area (Å²) in [6.07, 6.45) is 6.59. The van der Waals surface area contributed by atoms with Crippen LogP contribution in [0.5, 0.6) is 0 Å². The second-order valence-electron chi connectivity index (χ2n) is 3.80. The van der Waals surface area contributed by atoms with Crippen LogP contribution in [0.2, 0.25) is 0 Å². The topological polar surface area (TPSA) is 75.6 Å². The molecule has 2 N–H and O–H groups in total. The molecule has 0 fully saturated rings. The first-order valence-electron chi connectivity index (χ1n) is 5.85. The Labute approximate surface area is 114 Å². The Morgan fingerprint density at radius 1 is 1.05 bits per heavy atom. The minimum absolute atomic E-state index is 0.746. The molecule has 3 heterocycles. The molecular formula is C12H12N6S. The van der Waals surface area contributed by atoms with Gasteiger partial charge < -0.3 is 10.6 Å². The summed E-state index contributed by atoms with van der Waals surface area (Å²) in [5.41, 5.74) is 0.976. The van der Waals surface area contributed by atoms with E-state index in [1.165, 1.54) is 0 Å². The predicted octanol–water partition coefficient (Wildman–Crippen LogP) is 2.01. The van der Waals surface area contributed by atoms with Crippen molar-refractivity contribution < 1.29 is 0 Å². The smallest absolute Gasteiger partial charge is 0.147 e. The summed E-state index contributed by atoms with van der Waals surface area (Å²) in [6, 6.07) is 1.99. The normalized spacial score (nSPS) is 10.5. The van der Waals surface area contributed by atoms with Gasteiger partial charge in [0.1, 0.15) is 18.0 Å². The molecule has 0 saturated heterocycles. The van der Waals surface area contributed by atoms with E-state index in [0.29, 0.717) is 0 Å². The maximum atomic E-state index is 4.26. The van der Waals surface area contributed by atoms with Crippen molar-refractivity contribution in [3.8, 4) is 0 Å². The van der Waals surface area contributed by atoms with Crippen molar-refractivity contribution in [2.45, 2.75) is 0 Å². The van der Waals surface area contributed by atoms with E-state index < -0.39 is 0 Å². The number of thiophene rings is 1. The average molecular weight is 272 g/mol. The molecule has 0 atom stereocenters. The first kappa shape index (κ1) is 11.8. The molecule has 0 radical (unpaired) electrons. The summed E-state index contributed by atoms with van der Waals surface area (Å²) >= 11 is 1.64. The fraction of sp³-hybridized carbons (Fsp3) is 0.167. The van der Waals surface area contributed by atoms with E-state index in [1.807, 2.05) is 11.4 Å². The molecule has 0 bridgehead atoms. The Morgan fingerprint density at radius 3 is 2.89 bits per heavy atom. The van der Waals surface area contributed by atoms with E-state index >= 15 is 0 Å². The van der Waals surface area contributed by atoms with Gasteiger partial charge in [0.05, 0.1) is 16.4 Å². The lowest BCUT2D eigenvalue weighted by atomic mass is 10.4. The van der Waals surface area contributed by atoms with Gasteiger partial charge in [-0.2, -0.15) is 0 Å². The fourth-order valence-corrected chi connectivity index (χ4v) is 2.49. The Balaban J connectivity index is 1.57. The van der Waals surface area contributed by atoms with Crippen LogP contribution in [0.4, 0.5) is 11.6 Å². The number of aromatic nitrogens is 4. The van der Waals surface area contributed by atoms with Gasteiger partial charge in [0.25, 0.3) is 0 Å². The third-order valence-electron chi connectivity index (χ3n) is 2.53. The van der Waals surface area contributed by atoms with Crippen molar-refractivity contribution in [3.63, 3.8) is 0 Å². The van der Waals surface area contributed by atoms with Crippen molar-refractivity contribution in [2.24, 2.45) is 0 Å². The number of hydrogen-bond donors (Lipinski definition) is 2. The van der Waals surface area contributed by atoms with Crippen LogP contribution in [0.25, 0.3) is 10.2 Å². The van der Waals surface area contributed by atoms with Gasteiger partial charge in [-0.1, -0.05) is 0 Å². The van der Waals surface area contributed by atoms with Gasteiger partial charge in [0, 0.05) is 25.5 Å². The molecular weight excluding hydrogens is 260 g/mol. The summed E-state index contributed by atoms with van der Waals surface area (Å²) in [5, 5.41) is 8.49. The molecule has 0 aliphatic rings. The minimum atomic E-state index is 0.746. The van der Waals surface area contributed by atoms with Crippen LogP contribution in [-0.4, -0.2) is 33.0 Å². The molecule has 0 amide bonds. The number of rotatable bonds is 5. The standard InChI is InChI=1S/C12H12N6S/c1-6-19-11-9(1)17-8-18-12(11)16-5-4-15-10-7-13-2-3-14-10/h1-3,6-8H,4-5H2,(H,14,15)(H,16,17,18). The Kier molecular flexibility index (Phi) is 3.46. The summed E-state index contributed by atoms with van der Waals surface area (Å²) < 4.78 is 1.09. The second kappa shape index (κ2) is 5.57. The zero-order chi connectivity index (χ0) is 12.9. The third kappa shape index (κ3) is 2.76. The van der Waals surface area contributed by atoms with Crippen molar-refractivity contribution >= 4 is 33.2 Å². The van der Waals surface area contributed by atoms with Gasteiger partial charge in [-0.15, -0.1) is 11.3 Å². The third-order valence-corrected chi connectivity index (χ3v) is 3.44. The van der Waals surface area contributed by atoms with Gasteiger partial charge in [-0.05, 0) is 11.4 Å². The Morgan fingerprint density at radius 2 is 2.00 bits per heavy atom. The number of fused-ring (bicyclic) bond motifs is 1. The molecule has 0 saturated carbocycles. The van der Waals surface area contributed by atoms with Crippen LogP contribution in [-0.2, 0) is 0 Å². The molecule has 0 unspecified atom stereocenters. The number of anilines is 2. The lowest BCUT2D eigenvalue weighted by molar-refractivity contribution is 1.04.